The lowest BCUT2D eigenvalue weighted by molar-refractivity contribution is 0.122. The van der Waals surface area contributed by atoms with Crippen LogP contribution in [0.1, 0.15) is 12.8 Å². The van der Waals surface area contributed by atoms with Crippen LogP contribution in [0.2, 0.25) is 0 Å². The molecular weight excluding hydrogens is 258 g/mol. The predicted octanol–water partition coefficient (Wildman–Crippen LogP) is -0.144. The van der Waals surface area contributed by atoms with Gasteiger partial charge in [-0.05, 0) is 12.8 Å². The van der Waals surface area contributed by atoms with Crippen LogP contribution in [0.4, 0.5) is 17.6 Å². The van der Waals surface area contributed by atoms with E-state index in [4.69, 9.17) is 10.5 Å². The number of hydrogen-bond donors (Lipinski definition) is 2. The number of hydrogen-bond acceptors (Lipinski definition) is 7. The van der Waals surface area contributed by atoms with Gasteiger partial charge in [-0.2, -0.15) is 9.97 Å². The van der Waals surface area contributed by atoms with Crippen molar-refractivity contribution in [2.24, 2.45) is 0 Å². The molecule has 1 aromatic heterocycles. The van der Waals surface area contributed by atoms with Crippen molar-refractivity contribution in [2.75, 3.05) is 54.9 Å². The van der Waals surface area contributed by atoms with Crippen LogP contribution in [0, 0.1) is 0 Å². The van der Waals surface area contributed by atoms with Crippen LogP contribution in [-0.2, 0) is 4.74 Å². The van der Waals surface area contributed by atoms with Gasteiger partial charge in [0.15, 0.2) is 0 Å². The number of aliphatic hydroxyl groups excluding tert-OH is 1. The summed E-state index contributed by atoms with van der Waals surface area (Å²) in [7, 11) is 0. The fourth-order valence-electron chi connectivity index (χ4n) is 2.72. The maximum absolute atomic E-state index is 9.78. The summed E-state index contributed by atoms with van der Waals surface area (Å²) in [5.41, 5.74) is 5.84. The number of nitrogen functional groups attached to an aromatic ring is 1. The zero-order valence-electron chi connectivity index (χ0n) is 11.5. The first-order valence-electron chi connectivity index (χ1n) is 7.12. The van der Waals surface area contributed by atoms with E-state index in [-0.39, 0.29) is 12.1 Å². The molecule has 1 atom stereocenters. The second kappa shape index (κ2) is 5.80. The van der Waals surface area contributed by atoms with Crippen molar-refractivity contribution in [1.29, 1.82) is 0 Å². The van der Waals surface area contributed by atoms with Crippen molar-refractivity contribution in [2.45, 2.75) is 18.9 Å². The zero-order chi connectivity index (χ0) is 13.9. The molecule has 0 saturated carbocycles. The van der Waals surface area contributed by atoms with E-state index < -0.39 is 0 Å². The van der Waals surface area contributed by atoms with Gasteiger partial charge in [-0.25, -0.2) is 0 Å². The Labute approximate surface area is 118 Å². The Bertz CT molecular complexity index is 464. The molecule has 7 nitrogen and oxygen atoms in total. The average Bonchev–Trinajstić information content (AvgIpc) is 2.47. The molecule has 2 fully saturated rings. The smallest absolute Gasteiger partial charge is 0.223 e. The molecule has 1 aromatic rings. The first kappa shape index (κ1) is 13.4. The first-order valence-corrected chi connectivity index (χ1v) is 7.12. The fraction of sp³-hybridized carbons (Fsp3) is 0.692. The molecule has 2 saturated heterocycles. The molecule has 0 aromatic carbocycles. The van der Waals surface area contributed by atoms with Gasteiger partial charge >= 0.3 is 0 Å². The van der Waals surface area contributed by atoms with Gasteiger partial charge in [-0.15, -0.1) is 0 Å². The maximum atomic E-state index is 9.78. The Balaban J connectivity index is 1.82. The number of piperidine rings is 1. The molecule has 110 valence electrons. The van der Waals surface area contributed by atoms with Crippen LogP contribution in [0.15, 0.2) is 6.07 Å². The van der Waals surface area contributed by atoms with Crippen molar-refractivity contribution >= 4 is 17.6 Å². The highest BCUT2D eigenvalue weighted by atomic mass is 16.5. The van der Waals surface area contributed by atoms with E-state index in [0.29, 0.717) is 19.8 Å². The quantitative estimate of drug-likeness (QED) is 0.778. The number of aliphatic hydroxyl groups is 1. The standard InChI is InChI=1S/C13H21N5O2/c14-13-15-11(17-4-6-20-7-5-17)8-12(16-13)18-3-1-2-10(19)9-18/h8,10,19H,1-7,9H2,(H2,14,15,16). The van der Waals surface area contributed by atoms with Crippen LogP contribution in [0.5, 0.6) is 0 Å². The molecule has 0 radical (unpaired) electrons. The molecule has 0 spiro atoms. The van der Waals surface area contributed by atoms with E-state index >= 15 is 0 Å². The number of β-amino-alcohol motifs (C(OH)–C–C–N with tert-alkyl or cyclic N) is 1. The lowest BCUT2D eigenvalue weighted by atomic mass is 10.1. The number of nitrogens with zero attached hydrogens (tertiary/aromatic N) is 4. The number of aromatic nitrogens is 2. The summed E-state index contributed by atoms with van der Waals surface area (Å²) in [6, 6.07) is 1.96. The minimum Gasteiger partial charge on any atom is -0.391 e. The number of ether oxygens (including phenoxy) is 1. The van der Waals surface area contributed by atoms with Crippen molar-refractivity contribution in [3.63, 3.8) is 0 Å². The van der Waals surface area contributed by atoms with Crippen LogP contribution in [0.25, 0.3) is 0 Å². The van der Waals surface area contributed by atoms with Gasteiger partial charge < -0.3 is 25.4 Å². The third-order valence-electron chi connectivity index (χ3n) is 3.77. The van der Waals surface area contributed by atoms with E-state index in [0.717, 1.165) is 44.1 Å². The van der Waals surface area contributed by atoms with Crippen LogP contribution in [-0.4, -0.2) is 60.6 Å². The average molecular weight is 279 g/mol. The fourth-order valence-corrected chi connectivity index (χ4v) is 2.72. The Morgan fingerprint density at radius 1 is 1.15 bits per heavy atom. The van der Waals surface area contributed by atoms with E-state index in [9.17, 15) is 5.11 Å². The zero-order valence-corrected chi connectivity index (χ0v) is 11.5. The Morgan fingerprint density at radius 2 is 1.85 bits per heavy atom. The summed E-state index contributed by atoms with van der Waals surface area (Å²) in [6.07, 6.45) is 1.54. The molecule has 20 heavy (non-hydrogen) atoms. The van der Waals surface area contributed by atoms with Crippen LogP contribution in [0.3, 0.4) is 0 Å². The van der Waals surface area contributed by atoms with Gasteiger partial charge in [0.25, 0.3) is 0 Å². The normalized spacial score (nSPS) is 23.9. The minimum absolute atomic E-state index is 0.282. The topological polar surface area (TPSA) is 87.7 Å². The van der Waals surface area contributed by atoms with Gasteiger partial charge in [0.2, 0.25) is 5.95 Å². The minimum atomic E-state index is -0.285. The van der Waals surface area contributed by atoms with Crippen molar-refractivity contribution < 1.29 is 9.84 Å². The monoisotopic (exact) mass is 279 g/mol. The Hall–Kier alpha value is -1.60. The SMILES string of the molecule is Nc1nc(N2CCOCC2)cc(N2CCCC(O)C2)n1. The van der Waals surface area contributed by atoms with E-state index in [2.05, 4.69) is 19.8 Å². The number of anilines is 3. The van der Waals surface area contributed by atoms with Crippen molar-refractivity contribution in [3.8, 4) is 0 Å². The van der Waals surface area contributed by atoms with Crippen LogP contribution >= 0.6 is 0 Å². The summed E-state index contributed by atoms with van der Waals surface area (Å²) < 4.78 is 5.35. The van der Waals surface area contributed by atoms with Crippen molar-refractivity contribution in [3.05, 3.63) is 6.07 Å². The molecule has 3 rings (SSSR count). The Kier molecular flexibility index (Phi) is 3.88. The molecule has 7 heteroatoms. The maximum Gasteiger partial charge on any atom is 0.223 e. The van der Waals surface area contributed by atoms with Gasteiger partial charge in [0.05, 0.1) is 19.3 Å². The first-order chi connectivity index (χ1) is 9.72. The Morgan fingerprint density at radius 3 is 2.55 bits per heavy atom. The molecule has 0 bridgehead atoms. The summed E-state index contributed by atoms with van der Waals surface area (Å²) in [6.45, 7) is 4.56. The van der Waals surface area contributed by atoms with Gasteiger partial charge in [0, 0.05) is 32.2 Å². The van der Waals surface area contributed by atoms with Gasteiger partial charge in [0.1, 0.15) is 11.6 Å². The third kappa shape index (κ3) is 2.94. The molecule has 0 aliphatic carbocycles. The molecular formula is C13H21N5O2. The van der Waals surface area contributed by atoms with E-state index in [1.807, 2.05) is 6.07 Å². The largest absolute Gasteiger partial charge is 0.391 e. The number of rotatable bonds is 2. The van der Waals surface area contributed by atoms with E-state index in [1.165, 1.54) is 0 Å². The lowest BCUT2D eigenvalue weighted by Crippen LogP contribution is -2.40. The van der Waals surface area contributed by atoms with Gasteiger partial charge in [-0.3, -0.25) is 0 Å². The molecule has 3 heterocycles. The van der Waals surface area contributed by atoms with Gasteiger partial charge in [-0.1, -0.05) is 0 Å². The number of nitrogens with two attached hydrogens (primary N) is 1. The predicted molar refractivity (Wildman–Crippen MR) is 76.9 cm³/mol. The highest BCUT2D eigenvalue weighted by Gasteiger charge is 2.21. The summed E-state index contributed by atoms with van der Waals surface area (Å²) >= 11 is 0. The summed E-state index contributed by atoms with van der Waals surface area (Å²) in [5, 5.41) is 9.78. The van der Waals surface area contributed by atoms with E-state index in [1.54, 1.807) is 0 Å². The number of morpholine rings is 1. The second-order valence-electron chi connectivity index (χ2n) is 5.28. The second-order valence-corrected chi connectivity index (χ2v) is 5.28. The third-order valence-corrected chi connectivity index (χ3v) is 3.77. The molecule has 2 aliphatic rings. The highest BCUT2D eigenvalue weighted by Crippen LogP contribution is 2.23. The molecule has 3 N–H and O–H groups in total. The molecule has 1 unspecified atom stereocenters. The summed E-state index contributed by atoms with van der Waals surface area (Å²) in [4.78, 5) is 12.9. The highest BCUT2D eigenvalue weighted by molar-refractivity contribution is 5.54. The summed E-state index contributed by atoms with van der Waals surface area (Å²) in [5.74, 6) is 1.93. The van der Waals surface area contributed by atoms with Crippen LogP contribution < -0.4 is 15.5 Å². The molecule has 0 amide bonds. The molecule has 2 aliphatic heterocycles. The lowest BCUT2D eigenvalue weighted by Gasteiger charge is -2.32. The van der Waals surface area contributed by atoms with Crippen molar-refractivity contribution in [1.82, 2.24) is 9.97 Å².